The molecule has 0 radical (unpaired) electrons. The van der Waals surface area contributed by atoms with Crippen molar-refractivity contribution >= 4 is 29.4 Å². The predicted octanol–water partition coefficient (Wildman–Crippen LogP) is 1.49. The minimum atomic E-state index is -0.612. The van der Waals surface area contributed by atoms with Gasteiger partial charge >= 0.3 is 11.6 Å². The van der Waals surface area contributed by atoms with Crippen molar-refractivity contribution in [2.75, 3.05) is 20.4 Å². The Morgan fingerprint density at radius 1 is 1.60 bits per heavy atom. The molecule has 0 aliphatic rings. The number of nitrogens with zero attached hydrogens (tertiary/aromatic N) is 2. The minimum absolute atomic E-state index is 0.0282. The summed E-state index contributed by atoms with van der Waals surface area (Å²) in [6, 6.07) is -0.547. The zero-order valence-electron chi connectivity index (χ0n) is 8.61. The van der Waals surface area contributed by atoms with Crippen molar-refractivity contribution in [3.63, 3.8) is 0 Å². The summed E-state index contributed by atoms with van der Waals surface area (Å²) in [5.41, 5.74) is -0.612. The maximum atomic E-state index is 11.5. The molecule has 0 bridgehead atoms. The number of rotatable bonds is 2. The van der Waals surface area contributed by atoms with Crippen LogP contribution < -0.4 is 5.56 Å². The number of hydrogen-bond donors (Lipinski definition) is 0. The van der Waals surface area contributed by atoms with Crippen LogP contribution in [0.25, 0.3) is 0 Å². The average molecular weight is 251 g/mol. The Morgan fingerprint density at radius 2 is 2.20 bits per heavy atom. The Balaban J connectivity index is 3.16. The van der Waals surface area contributed by atoms with E-state index in [1.54, 1.807) is 0 Å². The van der Waals surface area contributed by atoms with Gasteiger partial charge in [0.2, 0.25) is 0 Å². The summed E-state index contributed by atoms with van der Waals surface area (Å²) in [5, 5.41) is -0.0282. The molecule has 15 heavy (non-hydrogen) atoms. The van der Waals surface area contributed by atoms with E-state index in [2.05, 4.69) is 0 Å². The van der Waals surface area contributed by atoms with E-state index in [9.17, 15) is 9.59 Å². The molecule has 5 nitrogen and oxygen atoms in total. The van der Waals surface area contributed by atoms with Gasteiger partial charge in [-0.2, -0.15) is 11.8 Å². The molecule has 0 fully saturated rings. The van der Waals surface area contributed by atoms with Crippen LogP contribution in [0.15, 0.2) is 9.32 Å². The van der Waals surface area contributed by atoms with E-state index >= 15 is 0 Å². The molecule has 0 atom stereocenters. The van der Waals surface area contributed by atoms with Crippen LogP contribution in [0.1, 0.15) is 5.76 Å². The van der Waals surface area contributed by atoms with Crippen LogP contribution in [0.2, 0.25) is 5.02 Å². The molecule has 0 saturated carbocycles. The Kier molecular flexibility index (Phi) is 3.87. The van der Waals surface area contributed by atoms with Crippen LogP contribution in [0, 0.1) is 0 Å². The predicted molar refractivity (Wildman–Crippen MR) is 59.7 cm³/mol. The highest BCUT2D eigenvalue weighted by Crippen LogP contribution is 2.17. The normalized spacial score (nSPS) is 10.4. The third-order valence-electron chi connectivity index (χ3n) is 1.65. The van der Waals surface area contributed by atoms with Gasteiger partial charge in [0.25, 0.3) is 0 Å². The van der Waals surface area contributed by atoms with Gasteiger partial charge in [-0.3, -0.25) is 4.79 Å². The van der Waals surface area contributed by atoms with Crippen molar-refractivity contribution in [2.45, 2.75) is 5.75 Å². The number of amides is 1. The molecule has 1 aromatic rings. The maximum absolute atomic E-state index is 11.5. The summed E-state index contributed by atoms with van der Waals surface area (Å²) in [6.07, 6.45) is 1.85. The van der Waals surface area contributed by atoms with Crippen LogP contribution >= 0.6 is 23.4 Å². The molecule has 84 valence electrons. The highest BCUT2D eigenvalue weighted by Gasteiger charge is 2.20. The second kappa shape index (κ2) is 4.76. The molecular weight excluding hydrogens is 240 g/mol. The number of halogens is 1. The Hall–Kier alpha value is -0.880. The first kappa shape index (κ1) is 12.2. The molecular formula is C8H11ClN2O3S. The van der Waals surface area contributed by atoms with Gasteiger partial charge in [-0.05, 0) is 6.26 Å². The lowest BCUT2D eigenvalue weighted by Gasteiger charge is -2.07. The number of thioether (sulfide) groups is 1. The lowest BCUT2D eigenvalue weighted by molar-refractivity contribution is 0.182. The molecule has 1 aromatic heterocycles. The van der Waals surface area contributed by atoms with Crippen LogP contribution in [0.3, 0.4) is 0 Å². The van der Waals surface area contributed by atoms with Gasteiger partial charge in [0, 0.05) is 14.1 Å². The molecule has 0 aliphatic heterocycles. The van der Waals surface area contributed by atoms with Crippen LogP contribution in [0.5, 0.6) is 0 Å². The molecule has 0 unspecified atom stereocenters. The van der Waals surface area contributed by atoms with Crippen molar-refractivity contribution in [1.82, 2.24) is 9.64 Å². The molecule has 1 heterocycles. The highest BCUT2D eigenvalue weighted by atomic mass is 35.5. The monoisotopic (exact) mass is 250 g/mol. The topological polar surface area (TPSA) is 55.5 Å². The smallest absolute Gasteiger partial charge is 0.360 e. The van der Waals surface area contributed by atoms with E-state index in [4.69, 9.17) is 16.1 Å². The summed E-state index contributed by atoms with van der Waals surface area (Å²) in [6.45, 7) is 0. The van der Waals surface area contributed by atoms with Crippen molar-refractivity contribution in [3.05, 3.63) is 21.1 Å². The number of carbonyl (C=O) groups excluding carboxylic acids is 1. The van der Waals surface area contributed by atoms with Gasteiger partial charge in [-0.25, -0.2) is 4.79 Å². The first-order valence-electron chi connectivity index (χ1n) is 4.10. The molecule has 0 N–H and O–H groups in total. The van der Waals surface area contributed by atoms with E-state index in [0.717, 1.165) is 0 Å². The van der Waals surface area contributed by atoms with E-state index < -0.39 is 11.6 Å². The third kappa shape index (κ3) is 2.38. The molecule has 0 saturated heterocycles. The lowest BCUT2D eigenvalue weighted by Crippen LogP contribution is -2.33. The molecule has 0 spiro atoms. The Labute approximate surface area is 95.9 Å². The summed E-state index contributed by atoms with van der Waals surface area (Å²) < 4.78 is 5.73. The molecule has 0 aromatic carbocycles. The third-order valence-corrected chi connectivity index (χ3v) is 2.57. The highest BCUT2D eigenvalue weighted by molar-refractivity contribution is 7.97. The quantitative estimate of drug-likeness (QED) is 0.798. The van der Waals surface area contributed by atoms with Gasteiger partial charge in [0.15, 0.2) is 10.8 Å². The van der Waals surface area contributed by atoms with Crippen molar-refractivity contribution in [2.24, 2.45) is 0 Å². The first-order valence-corrected chi connectivity index (χ1v) is 5.87. The van der Waals surface area contributed by atoms with Crippen LogP contribution in [-0.2, 0) is 5.75 Å². The minimum Gasteiger partial charge on any atom is -0.369 e. The van der Waals surface area contributed by atoms with Crippen LogP contribution in [-0.4, -0.2) is 36.0 Å². The lowest BCUT2D eigenvalue weighted by atomic mass is 10.5. The Bertz CT molecular complexity index is 424. The zero-order chi connectivity index (χ0) is 11.6. The standard InChI is InChI=1S/C8H11ClN2O3S/c1-10(2)8(13)11-7(12)6(9)5(14-11)4-15-3/h4H2,1-3H3. The second-order valence-corrected chi connectivity index (χ2v) is 4.28. The SMILES string of the molecule is CSCc1on(C(=O)N(C)C)c(=O)c1Cl. The molecule has 7 heteroatoms. The van der Waals surface area contributed by atoms with E-state index in [1.807, 2.05) is 6.26 Å². The Morgan fingerprint density at radius 3 is 2.67 bits per heavy atom. The largest absolute Gasteiger partial charge is 0.369 e. The van der Waals surface area contributed by atoms with Gasteiger partial charge < -0.3 is 9.42 Å². The van der Waals surface area contributed by atoms with E-state index in [1.165, 1.54) is 30.8 Å². The molecule has 1 amide bonds. The fraction of sp³-hybridized carbons (Fsp3) is 0.500. The second-order valence-electron chi connectivity index (χ2n) is 3.04. The van der Waals surface area contributed by atoms with Gasteiger partial charge in [0.05, 0.1) is 5.75 Å². The van der Waals surface area contributed by atoms with Crippen molar-refractivity contribution < 1.29 is 9.32 Å². The van der Waals surface area contributed by atoms with Gasteiger partial charge in [-0.1, -0.05) is 16.3 Å². The fourth-order valence-corrected chi connectivity index (χ4v) is 1.65. The first-order chi connectivity index (χ1) is 6.99. The summed E-state index contributed by atoms with van der Waals surface area (Å²) in [4.78, 5) is 24.2. The molecule has 0 aliphatic carbocycles. The van der Waals surface area contributed by atoms with Gasteiger partial charge in [-0.15, -0.1) is 0 Å². The van der Waals surface area contributed by atoms with E-state index in [-0.39, 0.29) is 5.02 Å². The fourth-order valence-electron chi connectivity index (χ4n) is 0.929. The molecule has 1 rings (SSSR count). The number of aromatic nitrogens is 1. The zero-order valence-corrected chi connectivity index (χ0v) is 10.2. The summed E-state index contributed by atoms with van der Waals surface area (Å²) in [5.74, 6) is 0.784. The van der Waals surface area contributed by atoms with Crippen molar-refractivity contribution in [3.8, 4) is 0 Å². The number of hydrogen-bond acceptors (Lipinski definition) is 4. The summed E-state index contributed by atoms with van der Waals surface area (Å²) in [7, 11) is 3.05. The van der Waals surface area contributed by atoms with E-state index in [0.29, 0.717) is 16.3 Å². The maximum Gasteiger partial charge on any atom is 0.360 e. The summed E-state index contributed by atoms with van der Waals surface area (Å²) >= 11 is 7.19. The van der Waals surface area contributed by atoms with Crippen molar-refractivity contribution in [1.29, 1.82) is 0 Å². The van der Waals surface area contributed by atoms with Gasteiger partial charge in [0.1, 0.15) is 0 Å². The number of carbonyl (C=O) groups is 1. The van der Waals surface area contributed by atoms with Crippen LogP contribution in [0.4, 0.5) is 4.79 Å². The average Bonchev–Trinajstić information content (AvgIpc) is 2.45.